The number of anilines is 1. The van der Waals surface area contributed by atoms with Crippen LogP contribution >= 0.6 is 0 Å². The highest BCUT2D eigenvalue weighted by molar-refractivity contribution is 6.08. The van der Waals surface area contributed by atoms with Crippen LogP contribution in [0.2, 0.25) is 0 Å². The Morgan fingerprint density at radius 2 is 2.00 bits per heavy atom. The van der Waals surface area contributed by atoms with E-state index in [2.05, 4.69) is 23.4 Å². The van der Waals surface area contributed by atoms with Crippen molar-refractivity contribution < 1.29 is 19.1 Å². The van der Waals surface area contributed by atoms with Crippen molar-refractivity contribution in [1.29, 1.82) is 0 Å². The molecular weight excluding hydrogens is 406 g/mol. The Morgan fingerprint density at radius 1 is 1.19 bits per heavy atom. The molecule has 7 nitrogen and oxygen atoms in total. The molecule has 1 N–H and O–H groups in total. The Hall–Kier alpha value is -3.61. The number of aromatic nitrogens is 2. The molecule has 7 heteroatoms. The van der Waals surface area contributed by atoms with Crippen molar-refractivity contribution in [2.24, 2.45) is 0 Å². The van der Waals surface area contributed by atoms with Gasteiger partial charge in [0.25, 0.3) is 0 Å². The minimum atomic E-state index is -0.621. The summed E-state index contributed by atoms with van der Waals surface area (Å²) in [5.41, 5.74) is 3.96. The average molecular weight is 434 g/mol. The Kier molecular flexibility index (Phi) is 5.99. The molecule has 2 aromatic carbocycles. The van der Waals surface area contributed by atoms with Gasteiger partial charge in [-0.3, -0.25) is 9.59 Å². The lowest BCUT2D eigenvalue weighted by Crippen LogP contribution is -2.28. The summed E-state index contributed by atoms with van der Waals surface area (Å²) in [5, 5.41) is 7.61. The number of fused-ring (bicyclic) bond motifs is 1. The summed E-state index contributed by atoms with van der Waals surface area (Å²) in [6.07, 6.45) is 0.965. The van der Waals surface area contributed by atoms with Crippen LogP contribution in [0.1, 0.15) is 53.4 Å². The molecule has 0 radical (unpaired) electrons. The maximum Gasteiger partial charge on any atom is 0.226 e. The Balaban J connectivity index is 1.76. The Bertz CT molecular complexity index is 1180. The zero-order valence-electron chi connectivity index (χ0n) is 18.8. The number of nitrogens with one attached hydrogen (secondary N) is 1. The minimum absolute atomic E-state index is 0.0723. The third kappa shape index (κ3) is 3.86. The molecule has 0 saturated carbocycles. The van der Waals surface area contributed by atoms with Crippen molar-refractivity contribution in [2.45, 2.75) is 39.5 Å². The molecule has 1 aromatic heterocycles. The third-order valence-corrected chi connectivity index (χ3v) is 5.73. The molecule has 1 aliphatic heterocycles. The van der Waals surface area contributed by atoms with Crippen LogP contribution in [0.3, 0.4) is 0 Å². The van der Waals surface area contributed by atoms with Gasteiger partial charge in [0, 0.05) is 17.5 Å². The van der Waals surface area contributed by atoms with Gasteiger partial charge in [-0.1, -0.05) is 19.1 Å². The number of Topliss-reactive ketones (excluding diaryl/α,β-unsaturated/α-hetero) is 1. The first-order chi connectivity index (χ1) is 15.5. The van der Waals surface area contributed by atoms with Gasteiger partial charge >= 0.3 is 0 Å². The molecule has 2 heterocycles. The second-order valence-corrected chi connectivity index (χ2v) is 7.75. The Labute approximate surface area is 187 Å². The van der Waals surface area contributed by atoms with Gasteiger partial charge in [0.2, 0.25) is 5.91 Å². The summed E-state index contributed by atoms with van der Waals surface area (Å²) in [7, 11) is 1.54. The molecule has 32 heavy (non-hydrogen) atoms. The predicted octanol–water partition coefficient (Wildman–Crippen LogP) is 4.46. The van der Waals surface area contributed by atoms with Crippen molar-refractivity contribution in [3.8, 4) is 17.2 Å². The van der Waals surface area contributed by atoms with Crippen molar-refractivity contribution in [3.63, 3.8) is 0 Å². The van der Waals surface area contributed by atoms with E-state index in [1.165, 1.54) is 12.7 Å². The number of benzene rings is 2. The lowest BCUT2D eigenvalue weighted by molar-refractivity contribution is -0.116. The summed E-state index contributed by atoms with van der Waals surface area (Å²) in [4.78, 5) is 26.1. The van der Waals surface area contributed by atoms with Crippen LogP contribution in [0.5, 0.6) is 11.5 Å². The quantitative estimate of drug-likeness (QED) is 0.557. The first kappa shape index (κ1) is 21.6. The second-order valence-electron chi connectivity index (χ2n) is 7.75. The maximum atomic E-state index is 13.5. The van der Waals surface area contributed by atoms with E-state index >= 15 is 0 Å². The summed E-state index contributed by atoms with van der Waals surface area (Å²) in [5.74, 6) is 0.650. The fraction of sp³-hybridized carbons (Fsp3) is 0.320. The van der Waals surface area contributed by atoms with E-state index in [9.17, 15) is 9.59 Å². The molecule has 0 unspecified atom stereocenters. The maximum absolute atomic E-state index is 13.5. The molecule has 0 saturated heterocycles. The lowest BCUT2D eigenvalue weighted by Gasteiger charge is -2.23. The monoisotopic (exact) mass is 433 g/mol. The summed E-state index contributed by atoms with van der Waals surface area (Å²) >= 11 is 0. The Morgan fingerprint density at radius 3 is 2.72 bits per heavy atom. The number of rotatable bonds is 7. The van der Waals surface area contributed by atoms with Gasteiger partial charge in [0.1, 0.15) is 5.82 Å². The molecule has 1 atom stereocenters. The average Bonchev–Trinajstić information content (AvgIpc) is 3.14. The van der Waals surface area contributed by atoms with Gasteiger partial charge in [-0.05, 0) is 56.2 Å². The van der Waals surface area contributed by atoms with Gasteiger partial charge in [-0.2, -0.15) is 5.10 Å². The van der Waals surface area contributed by atoms with E-state index in [4.69, 9.17) is 9.47 Å². The summed E-state index contributed by atoms with van der Waals surface area (Å²) < 4.78 is 12.7. The van der Waals surface area contributed by atoms with Gasteiger partial charge in [0.05, 0.1) is 31.0 Å². The standard InChI is InChI=1S/C25H27N3O4/c1-5-16-8-7-9-18(12-16)28-25-23(15(3)27-28)19(14-22(29)26-25)24(30)17-10-11-20(32-6-2)21(13-17)31-4/h7-13,19H,5-6,14H2,1-4H3,(H,26,29)/t19-/m0/s1. The first-order valence-corrected chi connectivity index (χ1v) is 10.8. The van der Waals surface area contributed by atoms with Gasteiger partial charge in [-0.15, -0.1) is 0 Å². The molecule has 1 amide bonds. The molecule has 1 aliphatic rings. The summed E-state index contributed by atoms with van der Waals surface area (Å²) in [6, 6.07) is 13.1. The first-order valence-electron chi connectivity index (χ1n) is 10.8. The van der Waals surface area contributed by atoms with E-state index in [1.807, 2.05) is 32.0 Å². The van der Waals surface area contributed by atoms with Crippen molar-refractivity contribution >= 4 is 17.5 Å². The number of carbonyl (C=O) groups excluding carboxylic acids is 2. The van der Waals surface area contributed by atoms with Crippen LogP contribution in [0, 0.1) is 6.92 Å². The highest BCUT2D eigenvalue weighted by Crippen LogP contribution is 2.39. The zero-order valence-corrected chi connectivity index (χ0v) is 18.8. The normalized spacial score (nSPS) is 15.1. The zero-order chi connectivity index (χ0) is 22.8. The van der Waals surface area contributed by atoms with E-state index in [-0.39, 0.29) is 18.1 Å². The molecule has 166 valence electrons. The van der Waals surface area contributed by atoms with E-state index in [0.29, 0.717) is 29.5 Å². The number of ketones is 1. The fourth-order valence-corrected chi connectivity index (χ4v) is 4.16. The molecule has 0 bridgehead atoms. The third-order valence-electron chi connectivity index (χ3n) is 5.73. The summed E-state index contributed by atoms with van der Waals surface area (Å²) in [6.45, 7) is 6.34. The topological polar surface area (TPSA) is 82.5 Å². The molecule has 0 spiro atoms. The van der Waals surface area contributed by atoms with Crippen molar-refractivity contribution in [2.75, 3.05) is 19.0 Å². The van der Waals surface area contributed by atoms with E-state index in [1.54, 1.807) is 22.9 Å². The number of amides is 1. The number of ether oxygens (including phenoxy) is 2. The molecule has 0 aliphatic carbocycles. The number of carbonyl (C=O) groups is 2. The molecule has 4 rings (SSSR count). The van der Waals surface area contributed by atoms with Gasteiger partial charge in [0.15, 0.2) is 17.3 Å². The second kappa shape index (κ2) is 8.86. The smallest absolute Gasteiger partial charge is 0.226 e. The lowest BCUT2D eigenvalue weighted by atomic mass is 9.85. The number of methoxy groups -OCH3 is 1. The van der Waals surface area contributed by atoms with Crippen LogP contribution in [-0.2, 0) is 11.2 Å². The number of hydrogen-bond donors (Lipinski definition) is 1. The van der Waals surface area contributed by atoms with Crippen molar-refractivity contribution in [3.05, 3.63) is 64.8 Å². The van der Waals surface area contributed by atoms with Crippen molar-refractivity contribution in [1.82, 2.24) is 9.78 Å². The molecule has 3 aromatic rings. The number of hydrogen-bond acceptors (Lipinski definition) is 5. The minimum Gasteiger partial charge on any atom is -0.493 e. The van der Waals surface area contributed by atoms with E-state index < -0.39 is 5.92 Å². The number of aryl methyl sites for hydroxylation is 2. The van der Waals surface area contributed by atoms with Crippen LogP contribution in [-0.4, -0.2) is 35.2 Å². The van der Waals surface area contributed by atoms with Crippen LogP contribution in [0.4, 0.5) is 5.82 Å². The number of nitrogens with zero attached hydrogens (tertiary/aromatic N) is 2. The fourth-order valence-electron chi connectivity index (χ4n) is 4.16. The highest BCUT2D eigenvalue weighted by Gasteiger charge is 2.36. The van der Waals surface area contributed by atoms with Crippen LogP contribution in [0.15, 0.2) is 42.5 Å². The molecule has 0 fully saturated rings. The highest BCUT2D eigenvalue weighted by atomic mass is 16.5. The predicted molar refractivity (Wildman–Crippen MR) is 122 cm³/mol. The van der Waals surface area contributed by atoms with Crippen LogP contribution < -0.4 is 14.8 Å². The van der Waals surface area contributed by atoms with Gasteiger partial charge < -0.3 is 14.8 Å². The van der Waals surface area contributed by atoms with Crippen LogP contribution in [0.25, 0.3) is 5.69 Å². The largest absolute Gasteiger partial charge is 0.493 e. The SMILES string of the molecule is CCOc1ccc(C(=O)[C@H]2CC(=O)Nc3c2c(C)nn3-c2cccc(CC)c2)cc1OC. The van der Waals surface area contributed by atoms with Gasteiger partial charge in [-0.25, -0.2) is 4.68 Å². The molecular formula is C25H27N3O4. The van der Waals surface area contributed by atoms with E-state index in [0.717, 1.165) is 23.4 Å².